The van der Waals surface area contributed by atoms with Crippen molar-refractivity contribution >= 4 is 23.5 Å². The van der Waals surface area contributed by atoms with Gasteiger partial charge in [0, 0.05) is 48.9 Å². The number of rotatable bonds is 5. The molecule has 3 unspecified atom stereocenters. The van der Waals surface area contributed by atoms with Gasteiger partial charge in [0.25, 0.3) is 5.91 Å². The molecule has 5 atom stereocenters. The van der Waals surface area contributed by atoms with E-state index in [0.29, 0.717) is 48.3 Å². The third-order valence-corrected chi connectivity index (χ3v) is 9.31. The lowest BCUT2D eigenvalue weighted by molar-refractivity contribution is -0.136. The number of carbonyl (C=O) groups excluding carboxylic acids is 3. The standard InChI is InChI=1S/C29H42N4O3/c1-5-20(2)24(34)32-10-12-33(13-11-32)25(35)22-6-8-23(9-7-22)30-26(36)31-29-16-21-14-27(3,18-29)17-28(4,15-21)19-29/h6-9,20-21H,5,10-19H2,1-4H3,(H2,30,31,36)/t20?,21?,27-,28+,29?. The summed E-state index contributed by atoms with van der Waals surface area (Å²) in [6, 6.07) is 7.02. The smallest absolute Gasteiger partial charge is 0.319 e. The molecule has 5 fully saturated rings. The Balaban J connectivity index is 1.15. The molecule has 1 aromatic rings. The highest BCUT2D eigenvalue weighted by Gasteiger charge is 2.60. The average Bonchev–Trinajstić information content (AvgIpc) is 2.80. The molecular formula is C29H42N4O3. The van der Waals surface area contributed by atoms with Gasteiger partial charge >= 0.3 is 6.03 Å². The van der Waals surface area contributed by atoms with Crippen LogP contribution in [-0.2, 0) is 4.79 Å². The van der Waals surface area contributed by atoms with Crippen molar-refractivity contribution in [2.45, 2.75) is 78.2 Å². The van der Waals surface area contributed by atoms with E-state index in [-0.39, 0.29) is 29.3 Å². The summed E-state index contributed by atoms with van der Waals surface area (Å²) in [5.74, 6) is 0.891. The Morgan fingerprint density at radius 1 is 0.917 bits per heavy atom. The topological polar surface area (TPSA) is 81.8 Å². The first kappa shape index (κ1) is 25.1. The summed E-state index contributed by atoms with van der Waals surface area (Å²) in [5.41, 5.74) is 1.88. The van der Waals surface area contributed by atoms with Crippen molar-refractivity contribution in [3.63, 3.8) is 0 Å². The Hall–Kier alpha value is -2.57. The van der Waals surface area contributed by atoms with E-state index < -0.39 is 0 Å². The van der Waals surface area contributed by atoms with Crippen molar-refractivity contribution in [2.24, 2.45) is 22.7 Å². The van der Waals surface area contributed by atoms with Crippen molar-refractivity contribution in [2.75, 3.05) is 31.5 Å². The quantitative estimate of drug-likeness (QED) is 0.612. The molecule has 7 nitrogen and oxygen atoms in total. The van der Waals surface area contributed by atoms with E-state index in [4.69, 9.17) is 0 Å². The Morgan fingerprint density at radius 2 is 1.50 bits per heavy atom. The lowest BCUT2D eigenvalue weighted by Gasteiger charge is -2.65. The van der Waals surface area contributed by atoms with E-state index in [2.05, 4.69) is 24.5 Å². The Morgan fingerprint density at radius 3 is 2.06 bits per heavy atom. The Kier molecular flexibility index (Phi) is 6.32. The average molecular weight is 495 g/mol. The van der Waals surface area contributed by atoms with E-state index in [1.54, 1.807) is 24.3 Å². The number of benzene rings is 1. The van der Waals surface area contributed by atoms with Gasteiger partial charge < -0.3 is 20.4 Å². The van der Waals surface area contributed by atoms with E-state index in [9.17, 15) is 14.4 Å². The molecule has 2 N–H and O–H groups in total. The van der Waals surface area contributed by atoms with E-state index >= 15 is 0 Å². The number of nitrogens with one attached hydrogen (secondary N) is 2. The molecule has 6 rings (SSSR count). The molecule has 1 aliphatic heterocycles. The third-order valence-electron chi connectivity index (χ3n) is 9.31. The Bertz CT molecular complexity index is 1010. The van der Waals surface area contributed by atoms with Gasteiger partial charge in [0.1, 0.15) is 0 Å². The summed E-state index contributed by atoms with van der Waals surface area (Å²) >= 11 is 0. The first-order chi connectivity index (χ1) is 17.0. The minimum absolute atomic E-state index is 0.0265. The highest BCUT2D eigenvalue weighted by Crippen LogP contribution is 2.66. The maximum absolute atomic E-state index is 13.0. The largest absolute Gasteiger partial charge is 0.339 e. The van der Waals surface area contributed by atoms with Crippen LogP contribution in [0, 0.1) is 22.7 Å². The van der Waals surface area contributed by atoms with Gasteiger partial charge in [-0.2, -0.15) is 0 Å². The summed E-state index contributed by atoms with van der Waals surface area (Å²) in [7, 11) is 0. The number of anilines is 1. The minimum atomic E-state index is -0.148. The number of amides is 4. The zero-order chi connectivity index (χ0) is 25.7. The normalized spacial score (nSPS) is 33.8. The number of piperazine rings is 1. The van der Waals surface area contributed by atoms with Crippen LogP contribution in [0.5, 0.6) is 0 Å². The van der Waals surface area contributed by atoms with Crippen molar-refractivity contribution in [3.8, 4) is 0 Å². The SMILES string of the molecule is CCC(C)C(=O)N1CCN(C(=O)c2ccc(NC(=O)NC34CC5C[C@@](C)(C3)C[C@](C)(C5)C4)cc2)CC1. The number of nitrogens with zero attached hydrogens (tertiary/aromatic N) is 2. The lowest BCUT2D eigenvalue weighted by atomic mass is 9.43. The van der Waals surface area contributed by atoms with Crippen LogP contribution in [0.1, 0.15) is 83.0 Å². The van der Waals surface area contributed by atoms with Gasteiger partial charge in [-0.05, 0) is 86.0 Å². The fourth-order valence-corrected chi connectivity index (χ4v) is 8.49. The van der Waals surface area contributed by atoms with Gasteiger partial charge in [-0.25, -0.2) is 4.79 Å². The predicted molar refractivity (Wildman–Crippen MR) is 141 cm³/mol. The van der Waals surface area contributed by atoms with Crippen LogP contribution in [0.3, 0.4) is 0 Å². The fourth-order valence-electron chi connectivity index (χ4n) is 8.49. The lowest BCUT2D eigenvalue weighted by Crippen LogP contribution is -2.65. The van der Waals surface area contributed by atoms with Crippen molar-refractivity contribution < 1.29 is 14.4 Å². The molecule has 196 valence electrons. The van der Waals surface area contributed by atoms with Crippen LogP contribution < -0.4 is 10.6 Å². The molecule has 0 aromatic heterocycles. The van der Waals surface area contributed by atoms with Gasteiger partial charge in [-0.15, -0.1) is 0 Å². The number of carbonyl (C=O) groups is 3. The first-order valence-electron chi connectivity index (χ1n) is 13.8. The number of hydrogen-bond donors (Lipinski definition) is 2. The molecule has 1 saturated heterocycles. The first-order valence-corrected chi connectivity index (χ1v) is 13.8. The summed E-state index contributed by atoms with van der Waals surface area (Å²) in [5, 5.41) is 6.38. The fraction of sp³-hybridized carbons (Fsp3) is 0.690. The molecule has 7 heteroatoms. The second kappa shape index (κ2) is 9.07. The van der Waals surface area contributed by atoms with Gasteiger partial charge in [-0.3, -0.25) is 9.59 Å². The highest BCUT2D eigenvalue weighted by atomic mass is 16.2. The number of hydrogen-bond acceptors (Lipinski definition) is 3. The molecule has 5 aliphatic rings. The zero-order valence-electron chi connectivity index (χ0n) is 22.4. The third kappa shape index (κ3) is 4.85. The van der Waals surface area contributed by atoms with Crippen LogP contribution in [0.15, 0.2) is 24.3 Å². The second-order valence-corrected chi connectivity index (χ2v) is 13.0. The van der Waals surface area contributed by atoms with Crippen LogP contribution >= 0.6 is 0 Å². The summed E-state index contributed by atoms with van der Waals surface area (Å²) in [6.45, 7) is 11.0. The zero-order valence-corrected chi connectivity index (χ0v) is 22.4. The molecule has 0 spiro atoms. The Labute approximate surface area is 215 Å². The van der Waals surface area contributed by atoms with Gasteiger partial charge in [0.15, 0.2) is 0 Å². The van der Waals surface area contributed by atoms with Crippen LogP contribution in [0.25, 0.3) is 0 Å². The maximum atomic E-state index is 13.0. The molecular weight excluding hydrogens is 452 g/mol. The summed E-state index contributed by atoms with van der Waals surface area (Å²) < 4.78 is 0. The van der Waals surface area contributed by atoms with Crippen molar-refractivity contribution in [1.82, 2.24) is 15.1 Å². The van der Waals surface area contributed by atoms with E-state index in [1.807, 2.05) is 23.6 Å². The molecule has 4 saturated carbocycles. The predicted octanol–water partition coefficient (Wildman–Crippen LogP) is 4.89. The highest BCUT2D eigenvalue weighted by molar-refractivity contribution is 5.96. The molecule has 0 radical (unpaired) electrons. The van der Waals surface area contributed by atoms with Crippen molar-refractivity contribution in [1.29, 1.82) is 0 Å². The number of urea groups is 1. The molecule has 36 heavy (non-hydrogen) atoms. The molecule has 4 aliphatic carbocycles. The summed E-state index contributed by atoms with van der Waals surface area (Å²) in [4.78, 5) is 42.1. The van der Waals surface area contributed by atoms with Gasteiger partial charge in [-0.1, -0.05) is 27.7 Å². The molecule has 4 bridgehead atoms. The van der Waals surface area contributed by atoms with Crippen molar-refractivity contribution in [3.05, 3.63) is 29.8 Å². The van der Waals surface area contributed by atoms with Gasteiger partial charge in [0.2, 0.25) is 5.91 Å². The van der Waals surface area contributed by atoms with E-state index in [1.165, 1.54) is 19.3 Å². The minimum Gasteiger partial charge on any atom is -0.339 e. The van der Waals surface area contributed by atoms with Crippen LogP contribution in [0.4, 0.5) is 10.5 Å². The van der Waals surface area contributed by atoms with Crippen LogP contribution in [0.2, 0.25) is 0 Å². The molecule has 4 amide bonds. The summed E-state index contributed by atoms with van der Waals surface area (Å²) in [6.07, 6.45) is 7.94. The van der Waals surface area contributed by atoms with E-state index in [0.717, 1.165) is 31.6 Å². The maximum Gasteiger partial charge on any atom is 0.319 e. The second-order valence-electron chi connectivity index (χ2n) is 13.0. The molecule has 1 heterocycles. The monoisotopic (exact) mass is 494 g/mol. The van der Waals surface area contributed by atoms with Crippen LogP contribution in [-0.4, -0.2) is 59.4 Å². The van der Waals surface area contributed by atoms with Gasteiger partial charge in [0.05, 0.1) is 0 Å². The molecule has 1 aromatic carbocycles.